The van der Waals surface area contributed by atoms with Crippen LogP contribution in [0.3, 0.4) is 0 Å². The third-order valence-corrected chi connectivity index (χ3v) is 3.23. The number of nitrogens with zero attached hydrogens (tertiary/aromatic N) is 1. The number of nitrogens with two attached hydrogens (primary N) is 1. The molecule has 0 aliphatic heterocycles. The van der Waals surface area contributed by atoms with Crippen LogP contribution in [-0.4, -0.2) is 5.91 Å². The number of para-hydroxylation sites is 1. The molecular weight excluding hydrogens is 200 g/mol. The third kappa shape index (κ3) is 2.42. The molecule has 1 aliphatic carbocycles. The van der Waals surface area contributed by atoms with Gasteiger partial charge in [0, 0.05) is 5.92 Å². The summed E-state index contributed by atoms with van der Waals surface area (Å²) in [6, 6.07) is 9.43. The summed E-state index contributed by atoms with van der Waals surface area (Å²) in [5.41, 5.74) is 0.776. The minimum atomic E-state index is 0.0610. The SMILES string of the molecule is NN(C(=O)C1CCCCC1)c1ccccc1. The van der Waals surface area contributed by atoms with Crippen LogP contribution in [0.2, 0.25) is 0 Å². The first-order valence-corrected chi connectivity index (χ1v) is 5.93. The van der Waals surface area contributed by atoms with Crippen LogP contribution in [0, 0.1) is 5.92 Å². The maximum atomic E-state index is 12.1. The molecule has 1 aliphatic rings. The summed E-state index contributed by atoms with van der Waals surface area (Å²) in [4.78, 5) is 12.1. The molecule has 2 rings (SSSR count). The maximum absolute atomic E-state index is 12.1. The quantitative estimate of drug-likeness (QED) is 0.471. The second-order valence-corrected chi connectivity index (χ2v) is 4.38. The van der Waals surface area contributed by atoms with Gasteiger partial charge in [-0.15, -0.1) is 0 Å². The molecule has 0 spiro atoms. The zero-order chi connectivity index (χ0) is 11.4. The van der Waals surface area contributed by atoms with Crippen molar-refractivity contribution in [1.29, 1.82) is 0 Å². The summed E-state index contributed by atoms with van der Waals surface area (Å²) in [6.45, 7) is 0. The number of anilines is 1. The van der Waals surface area contributed by atoms with Crippen molar-refractivity contribution in [1.82, 2.24) is 0 Å². The molecule has 0 bridgehead atoms. The fraction of sp³-hybridized carbons (Fsp3) is 0.462. The zero-order valence-electron chi connectivity index (χ0n) is 9.43. The van der Waals surface area contributed by atoms with Crippen LogP contribution in [0.5, 0.6) is 0 Å². The van der Waals surface area contributed by atoms with E-state index in [-0.39, 0.29) is 11.8 Å². The molecule has 1 saturated carbocycles. The molecule has 1 amide bonds. The van der Waals surface area contributed by atoms with Gasteiger partial charge in [-0.3, -0.25) is 4.79 Å². The number of carbonyl (C=O) groups is 1. The van der Waals surface area contributed by atoms with Gasteiger partial charge < -0.3 is 0 Å². The van der Waals surface area contributed by atoms with Crippen molar-refractivity contribution in [2.24, 2.45) is 11.8 Å². The summed E-state index contributed by atoms with van der Waals surface area (Å²) >= 11 is 0. The Kier molecular flexibility index (Phi) is 3.57. The van der Waals surface area contributed by atoms with Crippen LogP contribution in [0.1, 0.15) is 32.1 Å². The second kappa shape index (κ2) is 5.12. The predicted octanol–water partition coefficient (Wildman–Crippen LogP) is 2.47. The predicted molar refractivity (Wildman–Crippen MR) is 64.7 cm³/mol. The van der Waals surface area contributed by atoms with Crippen LogP contribution >= 0.6 is 0 Å². The Labute approximate surface area is 96.2 Å². The molecule has 0 radical (unpaired) electrons. The van der Waals surface area contributed by atoms with E-state index in [1.54, 1.807) is 0 Å². The highest BCUT2D eigenvalue weighted by Gasteiger charge is 2.25. The molecule has 0 aromatic heterocycles. The second-order valence-electron chi connectivity index (χ2n) is 4.38. The highest BCUT2D eigenvalue weighted by atomic mass is 16.2. The molecule has 0 atom stereocenters. The number of hydrogen-bond acceptors (Lipinski definition) is 2. The van der Waals surface area contributed by atoms with Crippen molar-refractivity contribution in [3.8, 4) is 0 Å². The van der Waals surface area contributed by atoms with Gasteiger partial charge in [-0.25, -0.2) is 10.9 Å². The van der Waals surface area contributed by atoms with Crippen LogP contribution in [0.15, 0.2) is 30.3 Å². The molecule has 86 valence electrons. The summed E-state index contributed by atoms with van der Waals surface area (Å²) in [7, 11) is 0. The lowest BCUT2D eigenvalue weighted by molar-refractivity contribution is -0.123. The van der Waals surface area contributed by atoms with Gasteiger partial charge in [-0.05, 0) is 25.0 Å². The molecule has 1 aromatic rings. The van der Waals surface area contributed by atoms with E-state index in [4.69, 9.17) is 5.84 Å². The number of carbonyl (C=O) groups excluding carboxylic acids is 1. The fourth-order valence-corrected chi connectivity index (χ4v) is 2.26. The molecular formula is C13H18N2O. The van der Waals surface area contributed by atoms with Gasteiger partial charge in [-0.2, -0.15) is 0 Å². The van der Waals surface area contributed by atoms with Crippen molar-refractivity contribution in [2.75, 3.05) is 5.01 Å². The molecule has 3 nitrogen and oxygen atoms in total. The van der Waals surface area contributed by atoms with E-state index in [0.717, 1.165) is 31.4 Å². The highest BCUT2D eigenvalue weighted by molar-refractivity contribution is 5.93. The number of rotatable bonds is 2. The van der Waals surface area contributed by atoms with E-state index in [1.165, 1.54) is 11.4 Å². The molecule has 1 aromatic carbocycles. The third-order valence-electron chi connectivity index (χ3n) is 3.23. The minimum Gasteiger partial charge on any atom is -0.273 e. The van der Waals surface area contributed by atoms with Gasteiger partial charge >= 0.3 is 0 Å². The largest absolute Gasteiger partial charge is 0.273 e. The summed E-state index contributed by atoms with van der Waals surface area (Å²) in [5, 5.41) is 1.30. The Morgan fingerprint density at radius 1 is 1.12 bits per heavy atom. The topological polar surface area (TPSA) is 46.3 Å². The van der Waals surface area contributed by atoms with E-state index in [1.807, 2.05) is 30.3 Å². The van der Waals surface area contributed by atoms with Gasteiger partial charge in [-0.1, -0.05) is 37.5 Å². The maximum Gasteiger partial charge on any atom is 0.244 e. The number of hydrazine groups is 1. The Hall–Kier alpha value is -1.35. The lowest BCUT2D eigenvalue weighted by Crippen LogP contribution is -2.42. The van der Waals surface area contributed by atoms with Gasteiger partial charge in [0.05, 0.1) is 5.69 Å². The number of hydrogen-bond donors (Lipinski definition) is 1. The van der Waals surface area contributed by atoms with E-state index in [9.17, 15) is 4.79 Å². The molecule has 16 heavy (non-hydrogen) atoms. The summed E-state index contributed by atoms with van der Waals surface area (Å²) in [6.07, 6.45) is 5.52. The average Bonchev–Trinajstić information content (AvgIpc) is 2.39. The molecule has 0 unspecified atom stereocenters. The molecule has 0 saturated heterocycles. The first-order chi connectivity index (χ1) is 7.79. The van der Waals surface area contributed by atoms with Crippen molar-refractivity contribution in [3.63, 3.8) is 0 Å². The Morgan fingerprint density at radius 2 is 1.75 bits per heavy atom. The van der Waals surface area contributed by atoms with Gasteiger partial charge in [0.2, 0.25) is 5.91 Å². The van der Waals surface area contributed by atoms with E-state index < -0.39 is 0 Å². The van der Waals surface area contributed by atoms with Crippen LogP contribution in [0.4, 0.5) is 5.69 Å². The number of benzene rings is 1. The van der Waals surface area contributed by atoms with Crippen LogP contribution in [-0.2, 0) is 4.79 Å². The molecule has 0 heterocycles. The smallest absolute Gasteiger partial charge is 0.244 e. The van der Waals surface area contributed by atoms with Gasteiger partial charge in [0.15, 0.2) is 0 Å². The van der Waals surface area contributed by atoms with Crippen molar-refractivity contribution in [2.45, 2.75) is 32.1 Å². The van der Waals surface area contributed by atoms with Crippen molar-refractivity contribution in [3.05, 3.63) is 30.3 Å². The molecule has 3 heteroatoms. The van der Waals surface area contributed by atoms with Crippen molar-refractivity contribution >= 4 is 11.6 Å². The zero-order valence-corrected chi connectivity index (χ0v) is 9.43. The molecule has 2 N–H and O–H groups in total. The first-order valence-electron chi connectivity index (χ1n) is 5.93. The Balaban J connectivity index is 2.04. The summed E-state index contributed by atoms with van der Waals surface area (Å²) in [5.74, 6) is 6.04. The lowest BCUT2D eigenvalue weighted by atomic mass is 9.88. The lowest BCUT2D eigenvalue weighted by Gasteiger charge is -2.25. The van der Waals surface area contributed by atoms with E-state index >= 15 is 0 Å². The van der Waals surface area contributed by atoms with Crippen LogP contribution in [0.25, 0.3) is 0 Å². The summed E-state index contributed by atoms with van der Waals surface area (Å²) < 4.78 is 0. The Bertz CT molecular complexity index is 344. The van der Waals surface area contributed by atoms with Crippen LogP contribution < -0.4 is 10.9 Å². The standard InChI is InChI=1S/C13H18N2O/c14-15(12-9-5-2-6-10-12)13(16)11-7-3-1-4-8-11/h2,5-6,9-11H,1,3-4,7-8,14H2. The fourth-order valence-electron chi connectivity index (χ4n) is 2.26. The van der Waals surface area contributed by atoms with E-state index in [2.05, 4.69) is 0 Å². The molecule has 1 fully saturated rings. The average molecular weight is 218 g/mol. The monoisotopic (exact) mass is 218 g/mol. The minimum absolute atomic E-state index is 0.0610. The normalized spacial score (nSPS) is 17.1. The van der Waals surface area contributed by atoms with Gasteiger partial charge in [0.25, 0.3) is 0 Å². The first kappa shape index (κ1) is 11.1. The van der Waals surface area contributed by atoms with Crippen molar-refractivity contribution < 1.29 is 4.79 Å². The Morgan fingerprint density at radius 3 is 2.38 bits per heavy atom. The highest BCUT2D eigenvalue weighted by Crippen LogP contribution is 2.26. The van der Waals surface area contributed by atoms with E-state index in [0.29, 0.717) is 0 Å². The number of amides is 1. The van der Waals surface area contributed by atoms with Gasteiger partial charge in [0.1, 0.15) is 0 Å².